The Bertz CT molecular complexity index is 868. The molecule has 0 saturated heterocycles. The zero-order valence-electron chi connectivity index (χ0n) is 14.9. The van der Waals surface area contributed by atoms with Gasteiger partial charge in [-0.2, -0.15) is 5.10 Å². The lowest BCUT2D eigenvalue weighted by Crippen LogP contribution is -2.29. The molecule has 1 amide bonds. The average Bonchev–Trinajstić information content (AvgIpc) is 3.18. The van der Waals surface area contributed by atoms with Crippen LogP contribution < -0.4 is 4.74 Å². The number of hydrazone groups is 1. The number of nitrogens with zero attached hydrogens (tertiary/aromatic N) is 2. The SMILES string of the molecule is Cc1ccc(Cl)c(OCC(=O)OCC(=O)N2CCC(c3ccccc3)=N2)c1. The summed E-state index contributed by atoms with van der Waals surface area (Å²) in [6, 6.07) is 14.9. The summed E-state index contributed by atoms with van der Waals surface area (Å²) >= 11 is 6.00. The van der Waals surface area contributed by atoms with E-state index in [1.54, 1.807) is 12.1 Å². The van der Waals surface area contributed by atoms with Crippen molar-refractivity contribution in [3.63, 3.8) is 0 Å². The lowest BCUT2D eigenvalue weighted by molar-refractivity contribution is -0.153. The maximum atomic E-state index is 12.2. The smallest absolute Gasteiger partial charge is 0.344 e. The highest BCUT2D eigenvalue weighted by molar-refractivity contribution is 6.32. The molecule has 0 fully saturated rings. The Hall–Kier alpha value is -2.86. The van der Waals surface area contributed by atoms with Crippen molar-refractivity contribution in [3.05, 3.63) is 64.7 Å². The van der Waals surface area contributed by atoms with Crippen molar-refractivity contribution in [1.82, 2.24) is 5.01 Å². The summed E-state index contributed by atoms with van der Waals surface area (Å²) in [6.45, 7) is 1.65. The fourth-order valence-electron chi connectivity index (χ4n) is 2.59. The zero-order valence-corrected chi connectivity index (χ0v) is 15.6. The minimum absolute atomic E-state index is 0.324. The molecule has 0 N–H and O–H groups in total. The second kappa shape index (κ2) is 8.68. The summed E-state index contributed by atoms with van der Waals surface area (Å²) in [4.78, 5) is 24.0. The molecule has 27 heavy (non-hydrogen) atoms. The Morgan fingerprint density at radius 2 is 1.93 bits per heavy atom. The molecule has 2 aromatic rings. The van der Waals surface area contributed by atoms with Gasteiger partial charge < -0.3 is 9.47 Å². The van der Waals surface area contributed by atoms with Crippen molar-refractivity contribution < 1.29 is 19.1 Å². The van der Waals surface area contributed by atoms with Crippen LogP contribution in [0.2, 0.25) is 5.02 Å². The molecule has 1 heterocycles. The first-order chi connectivity index (χ1) is 13.0. The van der Waals surface area contributed by atoms with E-state index in [4.69, 9.17) is 21.1 Å². The van der Waals surface area contributed by atoms with E-state index in [0.717, 1.165) is 16.8 Å². The number of benzene rings is 2. The first-order valence-corrected chi connectivity index (χ1v) is 8.88. The number of halogens is 1. The van der Waals surface area contributed by atoms with Gasteiger partial charge in [0.25, 0.3) is 5.91 Å². The maximum Gasteiger partial charge on any atom is 0.344 e. The van der Waals surface area contributed by atoms with Crippen molar-refractivity contribution >= 4 is 29.2 Å². The molecule has 0 aliphatic carbocycles. The van der Waals surface area contributed by atoms with Gasteiger partial charge in [0, 0.05) is 6.42 Å². The monoisotopic (exact) mass is 386 g/mol. The number of rotatable bonds is 6. The predicted molar refractivity (Wildman–Crippen MR) is 102 cm³/mol. The minimum atomic E-state index is -0.646. The van der Waals surface area contributed by atoms with Gasteiger partial charge in [0.05, 0.1) is 17.3 Å². The van der Waals surface area contributed by atoms with Gasteiger partial charge in [-0.15, -0.1) is 0 Å². The molecule has 1 aliphatic rings. The molecule has 2 aromatic carbocycles. The van der Waals surface area contributed by atoms with Crippen LogP contribution >= 0.6 is 11.6 Å². The van der Waals surface area contributed by atoms with E-state index in [9.17, 15) is 9.59 Å². The highest BCUT2D eigenvalue weighted by atomic mass is 35.5. The van der Waals surface area contributed by atoms with Crippen LogP contribution in [0.15, 0.2) is 53.6 Å². The van der Waals surface area contributed by atoms with Crippen molar-refractivity contribution in [3.8, 4) is 5.75 Å². The Labute approximate surface area is 162 Å². The number of amides is 1. The topological polar surface area (TPSA) is 68.2 Å². The predicted octanol–water partition coefficient (Wildman–Crippen LogP) is 3.21. The highest BCUT2D eigenvalue weighted by Crippen LogP contribution is 2.25. The lowest BCUT2D eigenvalue weighted by atomic mass is 10.1. The van der Waals surface area contributed by atoms with Crippen molar-refractivity contribution in [1.29, 1.82) is 0 Å². The van der Waals surface area contributed by atoms with E-state index < -0.39 is 5.97 Å². The number of ether oxygens (including phenoxy) is 2. The molecule has 0 aromatic heterocycles. The Morgan fingerprint density at radius 1 is 1.15 bits per heavy atom. The Morgan fingerprint density at radius 3 is 2.70 bits per heavy atom. The van der Waals surface area contributed by atoms with E-state index in [1.807, 2.05) is 43.3 Å². The van der Waals surface area contributed by atoms with E-state index in [-0.39, 0.29) is 19.1 Å². The number of carbonyl (C=O) groups excluding carboxylic acids is 2. The second-order valence-corrected chi connectivity index (χ2v) is 6.47. The molecule has 140 valence electrons. The molecular formula is C20H19ClN2O4. The van der Waals surface area contributed by atoms with Crippen LogP contribution in [0.4, 0.5) is 0 Å². The summed E-state index contributed by atoms with van der Waals surface area (Å²) < 4.78 is 10.3. The van der Waals surface area contributed by atoms with Gasteiger partial charge in [0.2, 0.25) is 0 Å². The average molecular weight is 387 g/mol. The fourth-order valence-corrected chi connectivity index (χ4v) is 2.76. The van der Waals surface area contributed by atoms with Gasteiger partial charge in [-0.1, -0.05) is 48.0 Å². The molecule has 0 spiro atoms. The first-order valence-electron chi connectivity index (χ1n) is 8.51. The van der Waals surface area contributed by atoms with Crippen LogP contribution in [-0.2, 0) is 14.3 Å². The molecule has 3 rings (SSSR count). The molecule has 0 bridgehead atoms. The lowest BCUT2D eigenvalue weighted by Gasteiger charge is -2.12. The van der Waals surface area contributed by atoms with Gasteiger partial charge >= 0.3 is 5.97 Å². The summed E-state index contributed by atoms with van der Waals surface area (Å²) in [5, 5.41) is 6.05. The Kier molecular flexibility index (Phi) is 6.08. The second-order valence-electron chi connectivity index (χ2n) is 6.06. The third kappa shape index (κ3) is 5.08. The molecule has 1 aliphatic heterocycles. The van der Waals surface area contributed by atoms with E-state index >= 15 is 0 Å². The van der Waals surface area contributed by atoms with Gasteiger partial charge in [-0.05, 0) is 30.2 Å². The summed E-state index contributed by atoms with van der Waals surface area (Å²) in [7, 11) is 0. The third-order valence-corrected chi connectivity index (χ3v) is 4.30. The van der Waals surface area contributed by atoms with E-state index in [1.165, 1.54) is 5.01 Å². The number of hydrogen-bond donors (Lipinski definition) is 0. The van der Waals surface area contributed by atoms with Gasteiger partial charge in [-0.3, -0.25) is 4.79 Å². The van der Waals surface area contributed by atoms with Crippen LogP contribution in [0.3, 0.4) is 0 Å². The van der Waals surface area contributed by atoms with Crippen LogP contribution in [0.5, 0.6) is 5.75 Å². The van der Waals surface area contributed by atoms with E-state index in [0.29, 0.717) is 23.7 Å². The summed E-state index contributed by atoms with van der Waals surface area (Å²) in [5.41, 5.74) is 2.78. The number of aryl methyl sites for hydroxylation is 1. The highest BCUT2D eigenvalue weighted by Gasteiger charge is 2.22. The fraction of sp³-hybridized carbons (Fsp3) is 0.250. The minimum Gasteiger partial charge on any atom is -0.480 e. The van der Waals surface area contributed by atoms with Crippen LogP contribution in [-0.4, -0.2) is 42.4 Å². The molecule has 0 radical (unpaired) electrons. The number of carbonyl (C=O) groups is 2. The zero-order chi connectivity index (χ0) is 19.2. The normalized spacial score (nSPS) is 13.3. The first kappa shape index (κ1) is 18.9. The summed E-state index contributed by atoms with van der Waals surface area (Å²) in [5.74, 6) is -0.619. The van der Waals surface area contributed by atoms with Gasteiger partial charge in [0.1, 0.15) is 5.75 Å². The van der Waals surface area contributed by atoms with Crippen LogP contribution in [0, 0.1) is 6.92 Å². The quantitative estimate of drug-likeness (QED) is 0.715. The number of esters is 1. The third-order valence-electron chi connectivity index (χ3n) is 3.99. The molecule has 6 nitrogen and oxygen atoms in total. The largest absolute Gasteiger partial charge is 0.480 e. The standard InChI is InChI=1S/C20H19ClN2O4/c1-14-7-8-16(21)18(11-14)26-13-20(25)27-12-19(24)23-10-9-17(22-23)15-5-3-2-4-6-15/h2-8,11H,9-10,12-13H2,1H3. The summed E-state index contributed by atoms with van der Waals surface area (Å²) in [6.07, 6.45) is 0.665. The van der Waals surface area contributed by atoms with E-state index in [2.05, 4.69) is 5.10 Å². The maximum absolute atomic E-state index is 12.2. The van der Waals surface area contributed by atoms with Crippen LogP contribution in [0.1, 0.15) is 17.5 Å². The van der Waals surface area contributed by atoms with Gasteiger partial charge in [0.15, 0.2) is 13.2 Å². The van der Waals surface area contributed by atoms with Crippen molar-refractivity contribution in [2.24, 2.45) is 5.10 Å². The molecule has 0 saturated carbocycles. The molecular weight excluding hydrogens is 368 g/mol. The van der Waals surface area contributed by atoms with Crippen molar-refractivity contribution in [2.45, 2.75) is 13.3 Å². The van der Waals surface area contributed by atoms with Crippen LogP contribution in [0.25, 0.3) is 0 Å². The van der Waals surface area contributed by atoms with Gasteiger partial charge in [-0.25, -0.2) is 9.80 Å². The number of hydrogen-bond acceptors (Lipinski definition) is 5. The van der Waals surface area contributed by atoms with Crippen molar-refractivity contribution in [2.75, 3.05) is 19.8 Å². The molecule has 7 heteroatoms. The Balaban J connectivity index is 1.47. The molecule has 0 atom stereocenters. The molecule has 0 unspecified atom stereocenters.